The van der Waals surface area contributed by atoms with Gasteiger partial charge in [-0.15, -0.1) is 0 Å². The number of rotatable bonds is 5. The van der Waals surface area contributed by atoms with Crippen molar-refractivity contribution in [3.63, 3.8) is 0 Å². The molecule has 0 saturated carbocycles. The predicted octanol–water partition coefficient (Wildman–Crippen LogP) is 4.62. The van der Waals surface area contributed by atoms with E-state index >= 15 is 0 Å². The molecule has 0 spiro atoms. The molecule has 1 unspecified atom stereocenters. The standard InChI is InChI=1S/C20H17N3OS/c1-23-12-11-21-20(23)25-19(14-7-3-2-4-8-14)18(24)16-13-22-17-10-6-5-9-15(16)17/h2-13,19,22H,1H3. The van der Waals surface area contributed by atoms with Crippen LogP contribution in [0, 0.1) is 0 Å². The van der Waals surface area contributed by atoms with Crippen molar-refractivity contribution in [1.29, 1.82) is 0 Å². The number of fused-ring (bicyclic) bond motifs is 1. The Morgan fingerprint density at radius 1 is 1.12 bits per heavy atom. The highest BCUT2D eigenvalue weighted by atomic mass is 32.2. The molecule has 0 fully saturated rings. The summed E-state index contributed by atoms with van der Waals surface area (Å²) in [5, 5.41) is 1.43. The molecule has 4 nitrogen and oxygen atoms in total. The Kier molecular flexibility index (Phi) is 4.15. The molecule has 0 radical (unpaired) electrons. The number of aryl methyl sites for hydroxylation is 1. The lowest BCUT2D eigenvalue weighted by molar-refractivity contribution is 0.0991. The molecule has 25 heavy (non-hydrogen) atoms. The van der Waals surface area contributed by atoms with Crippen LogP contribution < -0.4 is 0 Å². The minimum Gasteiger partial charge on any atom is -0.360 e. The van der Waals surface area contributed by atoms with Crippen LogP contribution in [0.1, 0.15) is 21.2 Å². The van der Waals surface area contributed by atoms with Gasteiger partial charge in [-0.2, -0.15) is 0 Å². The van der Waals surface area contributed by atoms with Gasteiger partial charge in [0.15, 0.2) is 10.9 Å². The average molecular weight is 347 g/mol. The van der Waals surface area contributed by atoms with Crippen LogP contribution in [-0.4, -0.2) is 20.3 Å². The fourth-order valence-corrected chi connectivity index (χ4v) is 3.98. The van der Waals surface area contributed by atoms with E-state index in [2.05, 4.69) is 9.97 Å². The minimum atomic E-state index is -0.346. The summed E-state index contributed by atoms with van der Waals surface area (Å²) in [4.78, 5) is 20.9. The number of carbonyl (C=O) groups excluding carboxylic acids is 1. The molecule has 2 heterocycles. The molecule has 124 valence electrons. The van der Waals surface area contributed by atoms with Crippen molar-refractivity contribution in [3.05, 3.63) is 84.3 Å². The maximum Gasteiger partial charge on any atom is 0.182 e. The zero-order valence-electron chi connectivity index (χ0n) is 13.7. The Morgan fingerprint density at radius 2 is 1.88 bits per heavy atom. The molecule has 2 aromatic heterocycles. The van der Waals surface area contributed by atoms with E-state index in [9.17, 15) is 4.79 Å². The van der Waals surface area contributed by atoms with E-state index in [4.69, 9.17) is 0 Å². The Balaban J connectivity index is 1.77. The van der Waals surface area contributed by atoms with E-state index in [1.165, 1.54) is 11.8 Å². The molecule has 1 atom stereocenters. The number of hydrogen-bond acceptors (Lipinski definition) is 3. The lowest BCUT2D eigenvalue weighted by Crippen LogP contribution is -2.10. The van der Waals surface area contributed by atoms with Gasteiger partial charge in [0.25, 0.3) is 0 Å². The van der Waals surface area contributed by atoms with Gasteiger partial charge in [0.1, 0.15) is 5.25 Å². The number of Topliss-reactive ketones (excluding diaryl/α,β-unsaturated/α-hetero) is 1. The zero-order chi connectivity index (χ0) is 17.2. The Morgan fingerprint density at radius 3 is 2.64 bits per heavy atom. The number of H-pyrrole nitrogens is 1. The van der Waals surface area contributed by atoms with E-state index in [0.717, 1.165) is 21.6 Å². The first-order chi connectivity index (χ1) is 12.2. The van der Waals surface area contributed by atoms with E-state index in [1.54, 1.807) is 6.20 Å². The summed E-state index contributed by atoms with van der Waals surface area (Å²) in [6.45, 7) is 0. The van der Waals surface area contributed by atoms with Crippen LogP contribution in [0.15, 0.2) is 78.3 Å². The van der Waals surface area contributed by atoms with E-state index in [0.29, 0.717) is 5.56 Å². The summed E-state index contributed by atoms with van der Waals surface area (Å²) < 4.78 is 1.93. The highest BCUT2D eigenvalue weighted by molar-refractivity contribution is 8.00. The van der Waals surface area contributed by atoms with Crippen LogP contribution in [0.25, 0.3) is 10.9 Å². The minimum absolute atomic E-state index is 0.0802. The quantitative estimate of drug-likeness (QED) is 0.423. The summed E-state index contributed by atoms with van der Waals surface area (Å²) in [7, 11) is 1.94. The smallest absolute Gasteiger partial charge is 0.182 e. The van der Waals surface area contributed by atoms with Gasteiger partial charge in [0, 0.05) is 42.1 Å². The molecule has 0 amide bonds. The maximum atomic E-state index is 13.4. The molecule has 0 aliphatic carbocycles. The number of hydrogen-bond donors (Lipinski definition) is 1. The normalized spacial score (nSPS) is 12.4. The molecule has 0 aliphatic heterocycles. The topological polar surface area (TPSA) is 50.7 Å². The summed E-state index contributed by atoms with van der Waals surface area (Å²) in [5.41, 5.74) is 2.66. The lowest BCUT2D eigenvalue weighted by Gasteiger charge is -2.15. The highest BCUT2D eigenvalue weighted by Gasteiger charge is 2.26. The average Bonchev–Trinajstić information content (AvgIpc) is 3.26. The molecule has 1 N–H and O–H groups in total. The number of nitrogens with one attached hydrogen (secondary N) is 1. The fourth-order valence-electron chi connectivity index (χ4n) is 2.89. The Hall–Kier alpha value is -2.79. The van der Waals surface area contributed by atoms with Crippen molar-refractivity contribution in [2.45, 2.75) is 10.4 Å². The number of carbonyl (C=O) groups is 1. The monoisotopic (exact) mass is 347 g/mol. The molecule has 5 heteroatoms. The van der Waals surface area contributed by atoms with Gasteiger partial charge in [0.2, 0.25) is 0 Å². The zero-order valence-corrected chi connectivity index (χ0v) is 14.5. The molecule has 0 aliphatic rings. The van der Waals surface area contributed by atoms with Crippen LogP contribution in [0.3, 0.4) is 0 Å². The molecule has 4 aromatic rings. The van der Waals surface area contributed by atoms with Gasteiger partial charge < -0.3 is 9.55 Å². The third-order valence-corrected chi connectivity index (χ3v) is 5.52. The predicted molar refractivity (Wildman–Crippen MR) is 101 cm³/mol. The lowest BCUT2D eigenvalue weighted by atomic mass is 10.0. The van der Waals surface area contributed by atoms with Gasteiger partial charge in [-0.3, -0.25) is 4.79 Å². The van der Waals surface area contributed by atoms with Crippen LogP contribution >= 0.6 is 11.8 Å². The van der Waals surface area contributed by atoms with Crippen molar-refractivity contribution >= 4 is 28.4 Å². The first kappa shape index (κ1) is 15.7. The first-order valence-electron chi connectivity index (χ1n) is 8.03. The molecule has 4 rings (SSSR count). The van der Waals surface area contributed by atoms with Crippen molar-refractivity contribution < 1.29 is 4.79 Å². The number of thioether (sulfide) groups is 1. The van der Waals surface area contributed by atoms with Gasteiger partial charge in [-0.1, -0.05) is 60.3 Å². The first-order valence-corrected chi connectivity index (χ1v) is 8.91. The molecule has 2 aromatic carbocycles. The molecule has 0 bridgehead atoms. The van der Waals surface area contributed by atoms with Crippen LogP contribution in [0.5, 0.6) is 0 Å². The number of ketones is 1. The summed E-state index contributed by atoms with van der Waals surface area (Å²) in [6.07, 6.45) is 5.45. The third-order valence-electron chi connectivity index (χ3n) is 4.20. The SMILES string of the molecule is Cn1ccnc1SC(C(=O)c1c[nH]c2ccccc12)c1ccccc1. The second-order valence-corrected chi connectivity index (χ2v) is 6.91. The fraction of sp³-hybridized carbons (Fsp3) is 0.100. The molecule has 0 saturated heterocycles. The van der Waals surface area contributed by atoms with E-state index in [1.807, 2.05) is 78.6 Å². The van der Waals surface area contributed by atoms with Crippen molar-refractivity contribution in [2.75, 3.05) is 0 Å². The van der Waals surface area contributed by atoms with E-state index < -0.39 is 0 Å². The van der Waals surface area contributed by atoms with Crippen molar-refractivity contribution in [1.82, 2.24) is 14.5 Å². The number of aromatic amines is 1. The van der Waals surface area contributed by atoms with Crippen LogP contribution in [0.2, 0.25) is 0 Å². The number of para-hydroxylation sites is 1. The van der Waals surface area contributed by atoms with Crippen LogP contribution in [-0.2, 0) is 7.05 Å². The van der Waals surface area contributed by atoms with Gasteiger partial charge in [-0.05, 0) is 11.6 Å². The number of imidazole rings is 1. The number of nitrogens with zero attached hydrogens (tertiary/aromatic N) is 2. The van der Waals surface area contributed by atoms with Crippen LogP contribution in [0.4, 0.5) is 0 Å². The maximum absolute atomic E-state index is 13.4. The molecular weight excluding hydrogens is 330 g/mol. The number of aromatic nitrogens is 3. The summed E-state index contributed by atoms with van der Waals surface area (Å²) in [6, 6.07) is 17.7. The Bertz CT molecular complexity index is 1020. The summed E-state index contributed by atoms with van der Waals surface area (Å²) in [5.74, 6) is 0.0802. The highest BCUT2D eigenvalue weighted by Crippen LogP contribution is 2.38. The third kappa shape index (κ3) is 2.98. The largest absolute Gasteiger partial charge is 0.360 e. The summed E-state index contributed by atoms with van der Waals surface area (Å²) >= 11 is 1.48. The van der Waals surface area contributed by atoms with Gasteiger partial charge in [-0.25, -0.2) is 4.98 Å². The van der Waals surface area contributed by atoms with E-state index in [-0.39, 0.29) is 11.0 Å². The van der Waals surface area contributed by atoms with Gasteiger partial charge >= 0.3 is 0 Å². The Labute approximate surface area is 149 Å². The number of benzene rings is 2. The second-order valence-electron chi connectivity index (χ2n) is 5.84. The van der Waals surface area contributed by atoms with Gasteiger partial charge in [0.05, 0.1) is 0 Å². The van der Waals surface area contributed by atoms with Crippen molar-refractivity contribution in [2.24, 2.45) is 7.05 Å². The molecular formula is C20H17N3OS. The van der Waals surface area contributed by atoms with Crippen molar-refractivity contribution in [3.8, 4) is 0 Å². The second kappa shape index (κ2) is 6.61.